The van der Waals surface area contributed by atoms with E-state index < -0.39 is 0 Å². The minimum atomic E-state index is 0.434. The lowest BCUT2D eigenvalue weighted by Crippen LogP contribution is -2.35. The van der Waals surface area contributed by atoms with Crippen LogP contribution in [0, 0.1) is 0 Å². The SMILES string of the molecule is NCCOC1CCC(NCc2ccccc2)CC1. The summed E-state index contributed by atoms with van der Waals surface area (Å²) < 4.78 is 5.69. The van der Waals surface area contributed by atoms with E-state index in [9.17, 15) is 0 Å². The van der Waals surface area contributed by atoms with Crippen molar-refractivity contribution in [3.8, 4) is 0 Å². The molecule has 0 aliphatic heterocycles. The first-order valence-electron chi connectivity index (χ1n) is 6.97. The second-order valence-corrected chi connectivity index (χ2v) is 5.00. The predicted molar refractivity (Wildman–Crippen MR) is 74.3 cm³/mol. The lowest BCUT2D eigenvalue weighted by atomic mass is 9.93. The molecule has 18 heavy (non-hydrogen) atoms. The zero-order valence-corrected chi connectivity index (χ0v) is 11.0. The number of ether oxygens (including phenoxy) is 1. The molecular weight excluding hydrogens is 224 g/mol. The van der Waals surface area contributed by atoms with Crippen LogP contribution in [-0.4, -0.2) is 25.3 Å². The Morgan fingerprint density at radius 2 is 1.83 bits per heavy atom. The Labute approximate surface area is 110 Å². The smallest absolute Gasteiger partial charge is 0.0592 e. The average molecular weight is 248 g/mol. The monoisotopic (exact) mass is 248 g/mol. The van der Waals surface area contributed by atoms with Crippen molar-refractivity contribution in [2.45, 2.75) is 44.4 Å². The third kappa shape index (κ3) is 4.41. The Bertz CT molecular complexity index is 321. The molecule has 0 spiro atoms. The van der Waals surface area contributed by atoms with E-state index in [2.05, 4.69) is 35.6 Å². The maximum absolute atomic E-state index is 5.69. The van der Waals surface area contributed by atoms with Gasteiger partial charge in [-0.25, -0.2) is 0 Å². The summed E-state index contributed by atoms with van der Waals surface area (Å²) in [6.45, 7) is 2.30. The first-order chi connectivity index (χ1) is 8.88. The minimum Gasteiger partial charge on any atom is -0.377 e. The molecular formula is C15H24N2O. The highest BCUT2D eigenvalue weighted by Gasteiger charge is 2.20. The Hall–Kier alpha value is -0.900. The molecule has 0 atom stereocenters. The number of nitrogens with two attached hydrogens (primary N) is 1. The van der Waals surface area contributed by atoms with Crippen LogP contribution in [-0.2, 0) is 11.3 Å². The highest BCUT2D eigenvalue weighted by atomic mass is 16.5. The lowest BCUT2D eigenvalue weighted by molar-refractivity contribution is 0.0270. The van der Waals surface area contributed by atoms with Crippen LogP contribution in [0.3, 0.4) is 0 Å². The molecule has 1 saturated carbocycles. The van der Waals surface area contributed by atoms with Gasteiger partial charge in [-0.3, -0.25) is 0 Å². The zero-order valence-electron chi connectivity index (χ0n) is 11.0. The molecule has 0 bridgehead atoms. The summed E-state index contributed by atoms with van der Waals surface area (Å²) in [5.74, 6) is 0. The third-order valence-corrected chi connectivity index (χ3v) is 3.58. The van der Waals surface area contributed by atoms with Crippen molar-refractivity contribution in [3.05, 3.63) is 35.9 Å². The Morgan fingerprint density at radius 3 is 2.50 bits per heavy atom. The Morgan fingerprint density at radius 1 is 1.11 bits per heavy atom. The fraction of sp³-hybridized carbons (Fsp3) is 0.600. The number of hydrogen-bond acceptors (Lipinski definition) is 3. The van der Waals surface area contributed by atoms with E-state index in [1.165, 1.54) is 18.4 Å². The van der Waals surface area contributed by atoms with Gasteiger partial charge in [-0.1, -0.05) is 30.3 Å². The number of nitrogens with one attached hydrogen (secondary N) is 1. The van der Waals surface area contributed by atoms with E-state index in [4.69, 9.17) is 10.5 Å². The van der Waals surface area contributed by atoms with Gasteiger partial charge in [0.25, 0.3) is 0 Å². The molecule has 0 amide bonds. The Balaban J connectivity index is 1.65. The molecule has 3 heteroatoms. The molecule has 1 fully saturated rings. The van der Waals surface area contributed by atoms with Gasteiger partial charge in [0.05, 0.1) is 12.7 Å². The quantitative estimate of drug-likeness (QED) is 0.810. The van der Waals surface area contributed by atoms with Crippen LogP contribution in [0.25, 0.3) is 0 Å². The molecule has 1 aliphatic rings. The molecule has 1 aromatic carbocycles. The topological polar surface area (TPSA) is 47.3 Å². The molecule has 1 aliphatic carbocycles. The van der Waals surface area contributed by atoms with Gasteiger partial charge >= 0.3 is 0 Å². The maximum Gasteiger partial charge on any atom is 0.0592 e. The van der Waals surface area contributed by atoms with Crippen molar-refractivity contribution in [3.63, 3.8) is 0 Å². The number of benzene rings is 1. The van der Waals surface area contributed by atoms with Crippen LogP contribution in [0.15, 0.2) is 30.3 Å². The molecule has 0 saturated heterocycles. The molecule has 1 aromatic rings. The van der Waals surface area contributed by atoms with Crippen molar-refractivity contribution in [2.24, 2.45) is 5.73 Å². The first kappa shape index (κ1) is 13.5. The van der Waals surface area contributed by atoms with E-state index >= 15 is 0 Å². The fourth-order valence-corrected chi connectivity index (χ4v) is 2.53. The highest BCUT2D eigenvalue weighted by molar-refractivity contribution is 5.14. The summed E-state index contributed by atoms with van der Waals surface area (Å²) in [5.41, 5.74) is 6.81. The van der Waals surface area contributed by atoms with Crippen LogP contribution >= 0.6 is 0 Å². The van der Waals surface area contributed by atoms with Crippen LogP contribution < -0.4 is 11.1 Å². The second kappa shape index (κ2) is 7.52. The van der Waals surface area contributed by atoms with Gasteiger partial charge in [0.15, 0.2) is 0 Å². The lowest BCUT2D eigenvalue weighted by Gasteiger charge is -2.29. The van der Waals surface area contributed by atoms with Gasteiger partial charge in [0.2, 0.25) is 0 Å². The molecule has 2 rings (SSSR count). The van der Waals surface area contributed by atoms with E-state index in [1.54, 1.807) is 0 Å². The van der Waals surface area contributed by atoms with Crippen LogP contribution in [0.4, 0.5) is 0 Å². The molecule has 3 N–H and O–H groups in total. The highest BCUT2D eigenvalue weighted by Crippen LogP contribution is 2.21. The molecule has 0 radical (unpaired) electrons. The summed E-state index contributed by atoms with van der Waals surface area (Å²) in [6.07, 6.45) is 5.17. The van der Waals surface area contributed by atoms with Gasteiger partial charge in [-0.2, -0.15) is 0 Å². The van der Waals surface area contributed by atoms with Crippen LogP contribution in [0.2, 0.25) is 0 Å². The molecule has 100 valence electrons. The minimum absolute atomic E-state index is 0.434. The maximum atomic E-state index is 5.69. The van der Waals surface area contributed by atoms with Gasteiger partial charge in [0, 0.05) is 19.1 Å². The summed E-state index contributed by atoms with van der Waals surface area (Å²) in [7, 11) is 0. The van der Waals surface area contributed by atoms with E-state index in [0.29, 0.717) is 25.3 Å². The molecule has 0 heterocycles. The fourth-order valence-electron chi connectivity index (χ4n) is 2.53. The number of rotatable bonds is 6. The molecule has 3 nitrogen and oxygen atoms in total. The summed E-state index contributed by atoms with van der Waals surface area (Å²) in [4.78, 5) is 0. The summed E-state index contributed by atoms with van der Waals surface area (Å²) >= 11 is 0. The predicted octanol–water partition coefficient (Wildman–Crippen LogP) is 2.06. The van der Waals surface area contributed by atoms with Gasteiger partial charge in [0.1, 0.15) is 0 Å². The van der Waals surface area contributed by atoms with Gasteiger partial charge in [-0.15, -0.1) is 0 Å². The summed E-state index contributed by atoms with van der Waals surface area (Å²) in [5, 5.41) is 3.63. The Kier molecular flexibility index (Phi) is 5.65. The normalized spacial score (nSPS) is 24.1. The van der Waals surface area contributed by atoms with Crippen LogP contribution in [0.1, 0.15) is 31.2 Å². The summed E-state index contributed by atoms with van der Waals surface area (Å²) in [6, 6.07) is 11.2. The van der Waals surface area contributed by atoms with Gasteiger partial charge < -0.3 is 15.8 Å². The first-order valence-corrected chi connectivity index (χ1v) is 6.97. The zero-order chi connectivity index (χ0) is 12.6. The molecule has 0 unspecified atom stereocenters. The van der Waals surface area contributed by atoms with Crippen molar-refractivity contribution in [1.82, 2.24) is 5.32 Å². The van der Waals surface area contributed by atoms with E-state index in [1.807, 2.05) is 0 Å². The number of hydrogen-bond donors (Lipinski definition) is 2. The standard InChI is InChI=1S/C15H24N2O/c16-10-11-18-15-8-6-14(7-9-15)17-12-13-4-2-1-3-5-13/h1-5,14-15,17H,6-12,16H2. The van der Waals surface area contributed by atoms with E-state index in [0.717, 1.165) is 19.4 Å². The third-order valence-electron chi connectivity index (χ3n) is 3.58. The van der Waals surface area contributed by atoms with E-state index in [-0.39, 0.29) is 0 Å². The van der Waals surface area contributed by atoms with Crippen LogP contribution in [0.5, 0.6) is 0 Å². The van der Waals surface area contributed by atoms with Crippen molar-refractivity contribution in [1.29, 1.82) is 0 Å². The van der Waals surface area contributed by atoms with Crippen molar-refractivity contribution < 1.29 is 4.74 Å². The van der Waals surface area contributed by atoms with Crippen molar-refractivity contribution >= 4 is 0 Å². The second-order valence-electron chi connectivity index (χ2n) is 5.00. The van der Waals surface area contributed by atoms with Gasteiger partial charge in [-0.05, 0) is 31.2 Å². The molecule has 0 aromatic heterocycles. The van der Waals surface area contributed by atoms with Crippen molar-refractivity contribution in [2.75, 3.05) is 13.2 Å². The largest absolute Gasteiger partial charge is 0.377 e. The average Bonchev–Trinajstić information content (AvgIpc) is 2.45.